The van der Waals surface area contributed by atoms with Gasteiger partial charge < -0.3 is 15.5 Å². The summed E-state index contributed by atoms with van der Waals surface area (Å²) < 4.78 is 28.6. The first-order valence-electron chi connectivity index (χ1n) is 10.3. The zero-order valence-electron chi connectivity index (χ0n) is 16.8. The fourth-order valence-corrected chi connectivity index (χ4v) is 4.07. The highest BCUT2D eigenvalue weighted by Crippen LogP contribution is 2.28. The van der Waals surface area contributed by atoms with Crippen molar-refractivity contribution >= 4 is 29.1 Å². The Morgan fingerprint density at radius 2 is 1.97 bits per heavy atom. The van der Waals surface area contributed by atoms with Gasteiger partial charge in [0.25, 0.3) is 0 Å². The third-order valence-corrected chi connectivity index (χ3v) is 5.62. The maximum absolute atomic E-state index is 14.0. The van der Waals surface area contributed by atoms with Crippen LogP contribution in [-0.4, -0.2) is 40.1 Å². The van der Waals surface area contributed by atoms with Gasteiger partial charge in [0.05, 0.1) is 23.5 Å². The molecule has 1 atom stereocenters. The summed E-state index contributed by atoms with van der Waals surface area (Å²) >= 11 is 0. The molecular weight excluding hydrogens is 408 g/mol. The molecule has 1 saturated carbocycles. The van der Waals surface area contributed by atoms with E-state index in [-0.39, 0.29) is 37.1 Å². The van der Waals surface area contributed by atoms with Crippen molar-refractivity contribution in [2.75, 3.05) is 16.8 Å². The molecule has 2 heterocycles. The lowest BCUT2D eigenvalue weighted by Crippen LogP contribution is -2.35. The highest BCUT2D eigenvalue weighted by molar-refractivity contribution is 6.03. The maximum Gasteiger partial charge on any atom is 0.241 e. The second-order valence-corrected chi connectivity index (χ2v) is 7.97. The Hall–Kier alpha value is -3.30. The van der Waals surface area contributed by atoms with Crippen LogP contribution in [0.5, 0.6) is 0 Å². The molecule has 10 heteroatoms. The van der Waals surface area contributed by atoms with Crippen LogP contribution >= 0.6 is 0 Å². The summed E-state index contributed by atoms with van der Waals surface area (Å²) in [5.41, 5.74) is 0.348. The number of nitrogens with one attached hydrogen (secondary N) is 2. The third kappa shape index (κ3) is 4.89. The Bertz CT molecular complexity index is 1000. The minimum absolute atomic E-state index is 0.00878. The number of amides is 3. The highest BCUT2D eigenvalue weighted by Gasteiger charge is 2.36. The van der Waals surface area contributed by atoms with Crippen molar-refractivity contribution < 1.29 is 23.2 Å². The lowest BCUT2D eigenvalue weighted by atomic mass is 10.1. The number of carbonyl (C=O) groups is 3. The van der Waals surface area contributed by atoms with Gasteiger partial charge in [-0.05, 0) is 25.0 Å². The monoisotopic (exact) mass is 431 g/mol. The van der Waals surface area contributed by atoms with Gasteiger partial charge in [-0.3, -0.25) is 19.1 Å². The van der Waals surface area contributed by atoms with E-state index in [0.717, 1.165) is 36.6 Å². The van der Waals surface area contributed by atoms with Gasteiger partial charge in [0, 0.05) is 31.3 Å². The lowest BCUT2D eigenvalue weighted by molar-refractivity contribution is -0.122. The molecule has 31 heavy (non-hydrogen) atoms. The van der Waals surface area contributed by atoms with Gasteiger partial charge in [-0.2, -0.15) is 5.10 Å². The van der Waals surface area contributed by atoms with Crippen LogP contribution in [0.15, 0.2) is 30.6 Å². The number of hydrogen-bond donors (Lipinski definition) is 2. The average Bonchev–Trinajstić information content (AvgIpc) is 3.44. The number of halogens is 2. The quantitative estimate of drug-likeness (QED) is 0.733. The van der Waals surface area contributed by atoms with E-state index in [1.807, 2.05) is 0 Å². The second-order valence-electron chi connectivity index (χ2n) is 7.97. The number of aromatic nitrogens is 2. The van der Waals surface area contributed by atoms with Gasteiger partial charge in [-0.1, -0.05) is 12.8 Å². The first-order chi connectivity index (χ1) is 14.9. The van der Waals surface area contributed by atoms with Gasteiger partial charge in [-0.15, -0.1) is 0 Å². The van der Waals surface area contributed by atoms with Crippen molar-refractivity contribution in [2.24, 2.45) is 5.92 Å². The summed E-state index contributed by atoms with van der Waals surface area (Å²) in [6, 6.07) is 3.17. The van der Waals surface area contributed by atoms with E-state index < -0.39 is 29.4 Å². The van der Waals surface area contributed by atoms with Gasteiger partial charge in [0.2, 0.25) is 17.7 Å². The molecule has 1 aromatic carbocycles. The molecule has 8 nitrogen and oxygen atoms in total. The predicted octanol–water partition coefficient (Wildman–Crippen LogP) is 2.21. The minimum atomic E-state index is -0.855. The van der Waals surface area contributed by atoms with Crippen LogP contribution in [0.3, 0.4) is 0 Å². The number of anilines is 2. The molecule has 1 aliphatic heterocycles. The van der Waals surface area contributed by atoms with E-state index in [4.69, 9.17) is 0 Å². The van der Waals surface area contributed by atoms with Crippen molar-refractivity contribution in [1.82, 2.24) is 15.1 Å². The average molecular weight is 431 g/mol. The Kier molecular flexibility index (Phi) is 5.97. The summed E-state index contributed by atoms with van der Waals surface area (Å²) in [6.07, 6.45) is 7.11. The van der Waals surface area contributed by atoms with E-state index in [1.165, 1.54) is 16.9 Å². The van der Waals surface area contributed by atoms with Crippen LogP contribution in [0.2, 0.25) is 0 Å². The van der Waals surface area contributed by atoms with Gasteiger partial charge in [0.15, 0.2) is 0 Å². The van der Waals surface area contributed by atoms with E-state index in [9.17, 15) is 23.2 Å². The van der Waals surface area contributed by atoms with Crippen molar-refractivity contribution in [3.05, 3.63) is 42.2 Å². The zero-order valence-corrected chi connectivity index (χ0v) is 16.8. The number of nitrogens with zero attached hydrogens (tertiary/aromatic N) is 3. The molecule has 1 saturated heterocycles. The molecule has 2 N–H and O–H groups in total. The first-order valence-corrected chi connectivity index (χ1v) is 10.3. The molecule has 164 valence electrons. The van der Waals surface area contributed by atoms with Crippen LogP contribution in [0.25, 0.3) is 0 Å². The summed E-state index contributed by atoms with van der Waals surface area (Å²) in [5, 5.41) is 9.74. The molecule has 0 spiro atoms. The molecule has 4 rings (SSSR count). The molecule has 1 aromatic heterocycles. The summed E-state index contributed by atoms with van der Waals surface area (Å²) in [4.78, 5) is 38.1. The van der Waals surface area contributed by atoms with Crippen molar-refractivity contribution in [2.45, 2.75) is 44.7 Å². The van der Waals surface area contributed by atoms with Crippen LogP contribution < -0.4 is 15.5 Å². The second kappa shape index (κ2) is 8.83. The smallest absolute Gasteiger partial charge is 0.241 e. The number of hydrogen-bond acceptors (Lipinski definition) is 4. The van der Waals surface area contributed by atoms with Crippen LogP contribution in [0.4, 0.5) is 20.2 Å². The summed E-state index contributed by atoms with van der Waals surface area (Å²) in [5.74, 6) is -3.24. The van der Waals surface area contributed by atoms with Crippen LogP contribution in [-0.2, 0) is 20.9 Å². The number of benzene rings is 1. The van der Waals surface area contributed by atoms with Gasteiger partial charge in [-0.25, -0.2) is 8.78 Å². The predicted molar refractivity (Wildman–Crippen MR) is 108 cm³/mol. The first kappa shape index (κ1) is 21.0. The van der Waals surface area contributed by atoms with Crippen molar-refractivity contribution in [1.29, 1.82) is 0 Å². The van der Waals surface area contributed by atoms with E-state index in [0.29, 0.717) is 11.8 Å². The molecule has 2 aliphatic rings. The van der Waals surface area contributed by atoms with E-state index >= 15 is 0 Å². The molecule has 2 aromatic rings. The number of carbonyl (C=O) groups excluding carboxylic acids is 3. The lowest BCUT2D eigenvalue weighted by Gasteiger charge is -2.17. The summed E-state index contributed by atoms with van der Waals surface area (Å²) in [6.45, 7) is 0.0387. The maximum atomic E-state index is 14.0. The van der Waals surface area contributed by atoms with Crippen molar-refractivity contribution in [3.8, 4) is 0 Å². The van der Waals surface area contributed by atoms with E-state index in [1.54, 1.807) is 6.20 Å². The Balaban J connectivity index is 1.32. The molecule has 2 fully saturated rings. The molecule has 1 unspecified atom stereocenters. The molecule has 0 radical (unpaired) electrons. The largest absolute Gasteiger partial charge is 0.352 e. The van der Waals surface area contributed by atoms with Gasteiger partial charge in [0.1, 0.15) is 18.2 Å². The Morgan fingerprint density at radius 3 is 2.71 bits per heavy atom. The molecule has 3 amide bonds. The minimum Gasteiger partial charge on any atom is -0.352 e. The summed E-state index contributed by atoms with van der Waals surface area (Å²) in [7, 11) is 0. The molecule has 0 bridgehead atoms. The normalized spacial score (nSPS) is 19.1. The van der Waals surface area contributed by atoms with Crippen molar-refractivity contribution in [3.63, 3.8) is 0 Å². The topological polar surface area (TPSA) is 96.3 Å². The van der Waals surface area contributed by atoms with Crippen LogP contribution in [0, 0.1) is 17.6 Å². The SMILES string of the molecule is O=C(Cn1cc(NC(=O)C2CC(=O)N(c3ccc(F)cc3F)C2)cn1)NC1CCCC1. The van der Waals surface area contributed by atoms with Crippen LogP contribution in [0.1, 0.15) is 32.1 Å². The number of rotatable bonds is 6. The van der Waals surface area contributed by atoms with Gasteiger partial charge >= 0.3 is 0 Å². The third-order valence-electron chi connectivity index (χ3n) is 5.62. The highest BCUT2D eigenvalue weighted by atomic mass is 19.1. The molecular formula is C21H23F2N5O3. The zero-order chi connectivity index (χ0) is 22.0. The van der Waals surface area contributed by atoms with E-state index in [2.05, 4.69) is 15.7 Å². The fraction of sp³-hybridized carbons (Fsp3) is 0.429. The molecule has 1 aliphatic carbocycles. The fourth-order valence-electron chi connectivity index (χ4n) is 4.07. The Morgan fingerprint density at radius 1 is 1.19 bits per heavy atom. The Labute approximate surface area is 177 Å². The standard InChI is InChI=1S/C21H23F2N5O3/c22-14-5-6-18(17(23)8-14)28-10-13(7-20(28)30)21(31)26-16-9-24-27(11-16)12-19(29)25-15-3-1-2-4-15/h5-6,8-9,11,13,15H,1-4,7,10,12H2,(H,25,29)(H,26,31).